The Morgan fingerprint density at radius 3 is 2.71 bits per heavy atom. The molecule has 2 rings (SSSR count). The first-order valence-electron chi connectivity index (χ1n) is 7.99. The molecule has 0 aromatic carbocycles. The van der Waals surface area contributed by atoms with Crippen LogP contribution >= 0.6 is 11.8 Å². The fourth-order valence-corrected chi connectivity index (χ4v) is 4.69. The third-order valence-electron chi connectivity index (χ3n) is 4.43. The van der Waals surface area contributed by atoms with E-state index in [1.807, 2.05) is 4.90 Å². The summed E-state index contributed by atoms with van der Waals surface area (Å²) in [7, 11) is 0. The van der Waals surface area contributed by atoms with E-state index in [-0.39, 0.29) is 17.4 Å². The van der Waals surface area contributed by atoms with E-state index < -0.39 is 12.0 Å². The third-order valence-corrected chi connectivity index (χ3v) is 5.79. The maximum absolute atomic E-state index is 12.9. The minimum absolute atomic E-state index is 0.0130. The topological polar surface area (TPSA) is 60.9 Å². The van der Waals surface area contributed by atoms with Crippen molar-refractivity contribution in [3.63, 3.8) is 0 Å². The summed E-state index contributed by atoms with van der Waals surface area (Å²) in [6, 6.07) is -0.530. The van der Waals surface area contributed by atoms with Crippen LogP contribution in [0, 0.1) is 0 Å². The van der Waals surface area contributed by atoms with E-state index in [0.717, 1.165) is 45.1 Å². The van der Waals surface area contributed by atoms with Gasteiger partial charge in [-0.05, 0) is 26.2 Å². The number of likely N-dealkylation sites (tertiary alicyclic amines) is 1. The van der Waals surface area contributed by atoms with Crippen molar-refractivity contribution >= 4 is 23.8 Å². The van der Waals surface area contributed by atoms with Gasteiger partial charge in [0.15, 0.2) is 0 Å². The zero-order valence-electron chi connectivity index (χ0n) is 13.0. The first kappa shape index (κ1) is 16.5. The third kappa shape index (κ3) is 3.65. The number of aliphatic carboxylic acids is 1. The SMILES string of the molecule is CCCC1SCC(C(=O)O)N1C(=O)N1CCCCCC1C. The number of hydrogen-bond donors (Lipinski definition) is 1. The first-order valence-corrected chi connectivity index (χ1v) is 9.04. The van der Waals surface area contributed by atoms with Crippen LogP contribution in [-0.2, 0) is 4.79 Å². The predicted molar refractivity (Wildman–Crippen MR) is 84.4 cm³/mol. The lowest BCUT2D eigenvalue weighted by atomic mass is 10.1. The summed E-state index contributed by atoms with van der Waals surface area (Å²) < 4.78 is 0. The van der Waals surface area contributed by atoms with E-state index in [1.165, 1.54) is 0 Å². The van der Waals surface area contributed by atoms with Gasteiger partial charge in [-0.1, -0.05) is 26.2 Å². The van der Waals surface area contributed by atoms with Crippen LogP contribution in [0.5, 0.6) is 0 Å². The second-order valence-corrected chi connectivity index (χ2v) is 7.22. The van der Waals surface area contributed by atoms with Gasteiger partial charge in [0.2, 0.25) is 0 Å². The summed E-state index contributed by atoms with van der Waals surface area (Å²) in [6.07, 6.45) is 6.17. The van der Waals surface area contributed by atoms with Gasteiger partial charge in [-0.15, -0.1) is 11.8 Å². The van der Waals surface area contributed by atoms with Gasteiger partial charge in [-0.2, -0.15) is 0 Å². The molecule has 2 saturated heterocycles. The highest BCUT2D eigenvalue weighted by molar-refractivity contribution is 8.00. The van der Waals surface area contributed by atoms with Gasteiger partial charge in [0, 0.05) is 18.3 Å². The summed E-state index contributed by atoms with van der Waals surface area (Å²) in [4.78, 5) is 27.9. The van der Waals surface area contributed by atoms with Crippen LogP contribution in [0.25, 0.3) is 0 Å². The molecule has 120 valence electrons. The summed E-state index contributed by atoms with van der Waals surface area (Å²) in [5, 5.41) is 9.43. The lowest BCUT2D eigenvalue weighted by Crippen LogP contribution is -2.53. The summed E-state index contributed by atoms with van der Waals surface area (Å²) in [5.41, 5.74) is 0. The van der Waals surface area contributed by atoms with Gasteiger partial charge in [-0.3, -0.25) is 4.90 Å². The van der Waals surface area contributed by atoms with Crippen molar-refractivity contribution in [1.82, 2.24) is 9.80 Å². The Labute approximate surface area is 131 Å². The molecule has 0 spiro atoms. The number of amides is 2. The van der Waals surface area contributed by atoms with E-state index in [1.54, 1.807) is 16.7 Å². The van der Waals surface area contributed by atoms with Crippen molar-refractivity contribution < 1.29 is 14.7 Å². The molecule has 0 saturated carbocycles. The Morgan fingerprint density at radius 1 is 1.29 bits per heavy atom. The molecular weight excluding hydrogens is 288 g/mol. The van der Waals surface area contributed by atoms with Crippen molar-refractivity contribution in [2.24, 2.45) is 0 Å². The molecule has 0 aromatic heterocycles. The Balaban J connectivity index is 2.17. The van der Waals surface area contributed by atoms with Crippen molar-refractivity contribution in [3.8, 4) is 0 Å². The molecule has 0 bridgehead atoms. The molecule has 2 amide bonds. The van der Waals surface area contributed by atoms with Gasteiger partial charge in [0.25, 0.3) is 0 Å². The molecule has 2 aliphatic rings. The maximum atomic E-state index is 12.9. The molecule has 6 heteroatoms. The van der Waals surface area contributed by atoms with Crippen LogP contribution in [0.4, 0.5) is 4.79 Å². The molecular formula is C15H26N2O3S. The number of carboxylic acid groups (broad SMARTS) is 1. The number of thioether (sulfide) groups is 1. The molecule has 2 fully saturated rings. The highest BCUT2D eigenvalue weighted by atomic mass is 32.2. The monoisotopic (exact) mass is 314 g/mol. The minimum Gasteiger partial charge on any atom is -0.480 e. The quantitative estimate of drug-likeness (QED) is 0.870. The number of carboxylic acids is 1. The van der Waals surface area contributed by atoms with Crippen LogP contribution in [0.3, 0.4) is 0 Å². The van der Waals surface area contributed by atoms with E-state index in [0.29, 0.717) is 5.75 Å². The van der Waals surface area contributed by atoms with Gasteiger partial charge >= 0.3 is 12.0 Å². The molecule has 0 radical (unpaired) electrons. The van der Waals surface area contributed by atoms with E-state index in [4.69, 9.17) is 0 Å². The minimum atomic E-state index is -0.878. The summed E-state index contributed by atoms with van der Waals surface area (Å²) >= 11 is 1.61. The average Bonchev–Trinajstić information content (AvgIpc) is 2.74. The molecule has 0 aromatic rings. The fraction of sp³-hybridized carbons (Fsp3) is 0.867. The summed E-state index contributed by atoms with van der Waals surface area (Å²) in [6.45, 7) is 4.91. The van der Waals surface area contributed by atoms with Crippen LogP contribution in [0.1, 0.15) is 52.4 Å². The predicted octanol–water partition coefficient (Wildman–Crippen LogP) is 3.00. The normalized spacial score (nSPS) is 30.3. The van der Waals surface area contributed by atoms with Crippen LogP contribution < -0.4 is 0 Å². The molecule has 1 N–H and O–H groups in total. The Morgan fingerprint density at radius 2 is 2.05 bits per heavy atom. The number of nitrogens with zero attached hydrogens (tertiary/aromatic N) is 2. The molecule has 21 heavy (non-hydrogen) atoms. The van der Waals surface area contributed by atoms with Gasteiger partial charge in [0.05, 0.1) is 5.37 Å². The molecule has 2 aliphatic heterocycles. The van der Waals surface area contributed by atoms with Gasteiger partial charge < -0.3 is 10.0 Å². The number of carbonyl (C=O) groups is 2. The zero-order chi connectivity index (χ0) is 15.4. The number of hydrogen-bond acceptors (Lipinski definition) is 3. The lowest BCUT2D eigenvalue weighted by Gasteiger charge is -2.35. The van der Waals surface area contributed by atoms with Crippen LogP contribution in [-0.4, -0.2) is 56.7 Å². The average molecular weight is 314 g/mol. The van der Waals surface area contributed by atoms with Crippen molar-refractivity contribution in [2.75, 3.05) is 12.3 Å². The van der Waals surface area contributed by atoms with Crippen molar-refractivity contribution in [2.45, 2.75) is 69.8 Å². The number of rotatable bonds is 3. The standard InChI is InChI=1S/C15H26N2O3S/c1-3-7-13-17(12(10-21-13)14(18)19)15(20)16-9-6-4-5-8-11(16)2/h11-13H,3-10H2,1-2H3,(H,18,19). The van der Waals surface area contributed by atoms with Gasteiger partial charge in [0.1, 0.15) is 6.04 Å². The molecule has 0 aliphatic carbocycles. The molecule has 3 unspecified atom stereocenters. The zero-order valence-corrected chi connectivity index (χ0v) is 13.8. The Bertz CT molecular complexity index is 391. The van der Waals surface area contributed by atoms with Crippen LogP contribution in [0.15, 0.2) is 0 Å². The molecule has 3 atom stereocenters. The summed E-state index contributed by atoms with van der Waals surface area (Å²) in [5.74, 6) is -0.370. The van der Waals surface area contributed by atoms with Crippen molar-refractivity contribution in [3.05, 3.63) is 0 Å². The molecule has 2 heterocycles. The number of urea groups is 1. The second-order valence-electron chi connectivity index (χ2n) is 6.01. The lowest BCUT2D eigenvalue weighted by molar-refractivity contribution is -0.141. The van der Waals surface area contributed by atoms with Crippen LogP contribution in [0.2, 0.25) is 0 Å². The van der Waals surface area contributed by atoms with E-state index in [2.05, 4.69) is 13.8 Å². The smallest absolute Gasteiger partial charge is 0.327 e. The Kier molecular flexibility index (Phi) is 5.79. The second kappa shape index (κ2) is 7.38. The fourth-order valence-electron chi connectivity index (χ4n) is 3.19. The van der Waals surface area contributed by atoms with E-state index in [9.17, 15) is 14.7 Å². The van der Waals surface area contributed by atoms with Gasteiger partial charge in [-0.25, -0.2) is 9.59 Å². The van der Waals surface area contributed by atoms with E-state index >= 15 is 0 Å². The van der Waals surface area contributed by atoms with Crippen molar-refractivity contribution in [1.29, 1.82) is 0 Å². The highest BCUT2D eigenvalue weighted by Gasteiger charge is 2.43. The molecule has 5 nitrogen and oxygen atoms in total. The Hall–Kier alpha value is -0.910. The highest BCUT2D eigenvalue weighted by Crippen LogP contribution is 2.34. The maximum Gasteiger partial charge on any atom is 0.327 e. The number of carbonyl (C=O) groups excluding carboxylic acids is 1. The largest absolute Gasteiger partial charge is 0.480 e. The first-order chi connectivity index (χ1) is 10.1.